The Morgan fingerprint density at radius 1 is 1.38 bits per heavy atom. The molecule has 0 aromatic carbocycles. The minimum Gasteiger partial charge on any atom is -0.147 e. The van der Waals surface area contributed by atoms with Crippen LogP contribution >= 0.6 is 19.3 Å². The van der Waals surface area contributed by atoms with E-state index >= 15 is 0 Å². The van der Waals surface area contributed by atoms with Gasteiger partial charge in [0, 0.05) is 0 Å². The maximum absolute atomic E-state index is 2.35. The largest absolute Gasteiger partial charge is 0.147 e. The van der Waals surface area contributed by atoms with Crippen LogP contribution < -0.4 is 0 Å². The minimum absolute atomic E-state index is 0. The summed E-state index contributed by atoms with van der Waals surface area (Å²) < 4.78 is 0. The number of rotatable bonds is 0. The van der Waals surface area contributed by atoms with Crippen molar-refractivity contribution in [2.45, 2.75) is 0 Å². The van der Waals surface area contributed by atoms with Gasteiger partial charge in [-0.1, -0.05) is 17.9 Å². The first-order chi connectivity index (χ1) is 3.21. The topological polar surface area (TPSA) is 0 Å². The highest BCUT2D eigenvalue weighted by Crippen LogP contribution is 2.39. The molecular formula is C6H12ClP. The third-order valence-electron chi connectivity index (χ3n) is 1.20. The van der Waals surface area contributed by atoms with Crippen molar-refractivity contribution in [1.82, 2.24) is 0 Å². The lowest BCUT2D eigenvalue weighted by Gasteiger charge is -2.04. The predicted octanol–water partition coefficient (Wildman–Crippen LogP) is 2.06. The molecule has 1 aliphatic heterocycles. The zero-order valence-corrected chi connectivity index (χ0v) is 7.01. The number of hydrogen-bond acceptors (Lipinski definition) is 0. The lowest BCUT2D eigenvalue weighted by molar-refractivity contribution is 1.76. The SMILES string of the molecule is CP1(C)=CC=CC1.Cl. The van der Waals surface area contributed by atoms with Crippen molar-refractivity contribution in [2.24, 2.45) is 0 Å². The van der Waals surface area contributed by atoms with Gasteiger partial charge in [0.2, 0.25) is 0 Å². The average molecular weight is 151 g/mol. The first-order valence-electron chi connectivity index (χ1n) is 2.54. The van der Waals surface area contributed by atoms with E-state index in [4.69, 9.17) is 0 Å². The van der Waals surface area contributed by atoms with Crippen molar-refractivity contribution in [3.63, 3.8) is 0 Å². The molecule has 0 aromatic rings. The summed E-state index contributed by atoms with van der Waals surface area (Å²) in [5.41, 5.74) is 0. The Morgan fingerprint density at radius 3 is 2.12 bits per heavy atom. The summed E-state index contributed by atoms with van der Waals surface area (Å²) in [5, 5.41) is 0. The van der Waals surface area contributed by atoms with Crippen LogP contribution in [0.5, 0.6) is 0 Å². The van der Waals surface area contributed by atoms with E-state index in [1.165, 1.54) is 6.16 Å². The van der Waals surface area contributed by atoms with E-state index in [2.05, 4.69) is 31.3 Å². The van der Waals surface area contributed by atoms with Crippen LogP contribution in [0, 0.1) is 0 Å². The van der Waals surface area contributed by atoms with Crippen LogP contribution in [0.3, 0.4) is 0 Å². The molecule has 0 spiro atoms. The van der Waals surface area contributed by atoms with Crippen molar-refractivity contribution in [3.05, 3.63) is 12.2 Å². The smallest absolute Gasteiger partial charge is 0.0148 e. The zero-order valence-electron chi connectivity index (χ0n) is 5.29. The molecule has 0 nitrogen and oxygen atoms in total. The first-order valence-corrected chi connectivity index (χ1v) is 5.48. The molecule has 0 bridgehead atoms. The molecule has 0 N–H and O–H groups in total. The zero-order chi connectivity index (χ0) is 5.33. The lowest BCUT2D eigenvalue weighted by atomic mass is 10.6. The van der Waals surface area contributed by atoms with E-state index in [0.717, 1.165) is 0 Å². The van der Waals surface area contributed by atoms with Crippen LogP contribution in [-0.4, -0.2) is 25.3 Å². The van der Waals surface area contributed by atoms with E-state index in [1.54, 1.807) is 0 Å². The van der Waals surface area contributed by atoms with Crippen molar-refractivity contribution in [1.29, 1.82) is 0 Å². The van der Waals surface area contributed by atoms with Gasteiger partial charge in [-0.3, -0.25) is 0 Å². The van der Waals surface area contributed by atoms with Crippen LogP contribution in [0.15, 0.2) is 12.2 Å². The predicted molar refractivity (Wildman–Crippen MR) is 46.1 cm³/mol. The van der Waals surface area contributed by atoms with Gasteiger partial charge in [0.15, 0.2) is 0 Å². The average Bonchev–Trinajstić information content (AvgIpc) is 1.84. The van der Waals surface area contributed by atoms with Gasteiger partial charge in [-0.2, -0.15) is 0 Å². The molecule has 1 rings (SSSR count). The standard InChI is InChI=1S/C6H11P.ClH/c1-7(2)5-3-4-6-7;/h3-5H,6H2,1-2H3;1H. The summed E-state index contributed by atoms with van der Waals surface area (Å²) in [4.78, 5) is 0. The Hall–Kier alpha value is 0.330. The first kappa shape index (κ1) is 8.33. The molecule has 1 heterocycles. The molecule has 0 unspecified atom stereocenters. The van der Waals surface area contributed by atoms with Gasteiger partial charge < -0.3 is 0 Å². The molecule has 0 saturated heterocycles. The van der Waals surface area contributed by atoms with E-state index < -0.39 is 6.89 Å². The van der Waals surface area contributed by atoms with Crippen LogP contribution in [0.4, 0.5) is 0 Å². The fraction of sp³-hybridized carbons (Fsp3) is 0.500. The monoisotopic (exact) mass is 150 g/mol. The third-order valence-corrected chi connectivity index (χ3v) is 3.33. The Morgan fingerprint density at radius 2 is 2.00 bits per heavy atom. The molecule has 0 atom stereocenters. The second-order valence-electron chi connectivity index (χ2n) is 2.54. The highest BCUT2D eigenvalue weighted by Gasteiger charge is 2.01. The number of halogens is 1. The minimum atomic E-state index is -0.529. The van der Waals surface area contributed by atoms with E-state index in [9.17, 15) is 0 Å². The lowest BCUT2D eigenvalue weighted by Crippen LogP contribution is -1.75. The Balaban J connectivity index is 0.000000490. The van der Waals surface area contributed by atoms with Crippen molar-refractivity contribution < 1.29 is 0 Å². The van der Waals surface area contributed by atoms with Crippen LogP contribution in [0.25, 0.3) is 0 Å². The molecule has 0 radical (unpaired) electrons. The van der Waals surface area contributed by atoms with Gasteiger partial charge in [-0.25, -0.2) is 0 Å². The van der Waals surface area contributed by atoms with Crippen LogP contribution in [0.2, 0.25) is 0 Å². The Labute approximate surface area is 57.4 Å². The Kier molecular flexibility index (Phi) is 2.87. The fourth-order valence-electron chi connectivity index (χ4n) is 0.687. The molecule has 0 aromatic heterocycles. The normalized spacial score (nSPS) is 21.8. The maximum atomic E-state index is 2.35. The molecule has 0 aliphatic carbocycles. The van der Waals surface area contributed by atoms with Crippen molar-refractivity contribution in [3.8, 4) is 0 Å². The summed E-state index contributed by atoms with van der Waals surface area (Å²) in [6, 6.07) is 0. The van der Waals surface area contributed by atoms with Crippen LogP contribution in [-0.2, 0) is 0 Å². The molecule has 1 aliphatic rings. The van der Waals surface area contributed by atoms with Gasteiger partial charge in [-0.15, -0.1) is 19.3 Å². The second kappa shape index (κ2) is 2.75. The van der Waals surface area contributed by atoms with E-state index in [-0.39, 0.29) is 12.4 Å². The molecule has 0 amide bonds. The Bertz CT molecular complexity index is 141. The van der Waals surface area contributed by atoms with E-state index in [0.29, 0.717) is 0 Å². The van der Waals surface area contributed by atoms with Crippen molar-refractivity contribution in [2.75, 3.05) is 19.5 Å². The molecule has 2 heteroatoms. The fourth-order valence-corrected chi connectivity index (χ4v) is 2.06. The molecule has 0 saturated carbocycles. The summed E-state index contributed by atoms with van der Waals surface area (Å²) in [6.07, 6.45) is 5.77. The number of allylic oxidation sites excluding steroid dienone is 2. The van der Waals surface area contributed by atoms with Gasteiger partial charge in [0.05, 0.1) is 0 Å². The van der Waals surface area contributed by atoms with Gasteiger partial charge >= 0.3 is 0 Å². The van der Waals surface area contributed by atoms with Gasteiger partial charge in [0.1, 0.15) is 0 Å². The number of hydrogen-bond donors (Lipinski definition) is 0. The van der Waals surface area contributed by atoms with Crippen molar-refractivity contribution >= 4 is 25.1 Å². The second-order valence-corrected chi connectivity index (χ2v) is 6.76. The van der Waals surface area contributed by atoms with Gasteiger partial charge in [-0.05, 0) is 19.5 Å². The molecule has 48 valence electrons. The third kappa shape index (κ3) is 2.07. The highest BCUT2D eigenvalue weighted by molar-refractivity contribution is 7.74. The summed E-state index contributed by atoms with van der Waals surface area (Å²) in [5.74, 6) is 2.35. The summed E-state index contributed by atoms with van der Waals surface area (Å²) in [6.45, 7) is 4.18. The molecule has 8 heavy (non-hydrogen) atoms. The van der Waals surface area contributed by atoms with E-state index in [1.807, 2.05) is 0 Å². The highest BCUT2D eigenvalue weighted by atomic mass is 35.5. The van der Waals surface area contributed by atoms with Gasteiger partial charge in [0.25, 0.3) is 0 Å². The quantitative estimate of drug-likeness (QED) is 0.464. The maximum Gasteiger partial charge on any atom is -0.0148 e. The molecule has 0 fully saturated rings. The summed E-state index contributed by atoms with van der Waals surface area (Å²) >= 11 is 0. The molecular weight excluding hydrogens is 138 g/mol. The summed E-state index contributed by atoms with van der Waals surface area (Å²) in [7, 11) is 0. The van der Waals surface area contributed by atoms with Crippen LogP contribution in [0.1, 0.15) is 0 Å².